The molecule has 3 heterocycles. The molecule has 9 heteroatoms. The first-order valence-electron chi connectivity index (χ1n) is 9.85. The zero-order valence-corrected chi connectivity index (χ0v) is 17.7. The molecule has 4 rings (SSSR count). The molecule has 1 aromatic heterocycles. The van der Waals surface area contributed by atoms with Crippen molar-refractivity contribution in [2.75, 3.05) is 35.2 Å². The van der Waals surface area contributed by atoms with E-state index in [0.717, 1.165) is 35.0 Å². The van der Waals surface area contributed by atoms with E-state index in [-0.39, 0.29) is 16.8 Å². The molecule has 2 aliphatic rings. The third kappa shape index (κ3) is 4.39. The van der Waals surface area contributed by atoms with Crippen LogP contribution in [0.4, 0.5) is 24.7 Å². The molecule has 0 aliphatic carbocycles. The van der Waals surface area contributed by atoms with Gasteiger partial charge in [0.15, 0.2) is 0 Å². The molecule has 4 nitrogen and oxygen atoms in total. The summed E-state index contributed by atoms with van der Waals surface area (Å²) in [5.41, 5.74) is 0.110. The van der Waals surface area contributed by atoms with Crippen LogP contribution in [0.25, 0.3) is 0 Å². The predicted octanol–water partition coefficient (Wildman–Crippen LogP) is 5.50. The van der Waals surface area contributed by atoms with Crippen molar-refractivity contribution in [1.82, 2.24) is 4.98 Å². The number of halogens is 4. The molecule has 1 aromatic carbocycles. The number of thioether (sulfide) groups is 1. The summed E-state index contributed by atoms with van der Waals surface area (Å²) >= 11 is 7.86. The quantitative estimate of drug-likeness (QED) is 0.599. The number of nitrogens with zero attached hydrogens (tertiary/aromatic N) is 3. The van der Waals surface area contributed by atoms with Gasteiger partial charge in [0.25, 0.3) is 0 Å². The number of amides is 1. The maximum Gasteiger partial charge on any atom is 0.417 e. The summed E-state index contributed by atoms with van der Waals surface area (Å²) in [4.78, 5) is 22.1. The number of piperidine rings is 1. The lowest BCUT2D eigenvalue weighted by molar-refractivity contribution is -0.137. The van der Waals surface area contributed by atoms with E-state index >= 15 is 0 Å². The topological polar surface area (TPSA) is 36.4 Å². The van der Waals surface area contributed by atoms with Gasteiger partial charge in [0, 0.05) is 36.6 Å². The Morgan fingerprint density at radius 3 is 2.60 bits per heavy atom. The van der Waals surface area contributed by atoms with Crippen molar-refractivity contribution in [2.24, 2.45) is 5.92 Å². The molecule has 1 amide bonds. The molecule has 0 N–H and O–H groups in total. The summed E-state index contributed by atoms with van der Waals surface area (Å²) in [6.45, 7) is 1.76. The average Bonchev–Trinajstić information content (AvgIpc) is 2.95. The minimum atomic E-state index is -4.48. The molecule has 0 atom stereocenters. The predicted molar refractivity (Wildman–Crippen MR) is 113 cm³/mol. The summed E-state index contributed by atoms with van der Waals surface area (Å²) in [6.07, 6.45) is -1.50. The van der Waals surface area contributed by atoms with Crippen LogP contribution >= 0.6 is 23.4 Å². The average molecular weight is 456 g/mol. The fourth-order valence-electron chi connectivity index (χ4n) is 3.93. The molecule has 0 spiro atoms. The van der Waals surface area contributed by atoms with E-state index in [9.17, 15) is 18.0 Å². The highest BCUT2D eigenvalue weighted by Gasteiger charge is 2.34. The minimum absolute atomic E-state index is 0.0203. The minimum Gasteiger partial charge on any atom is -0.355 e. The zero-order valence-electron chi connectivity index (χ0n) is 16.2. The van der Waals surface area contributed by atoms with Crippen LogP contribution in [0.3, 0.4) is 0 Å². The third-order valence-corrected chi connectivity index (χ3v) is 6.93. The van der Waals surface area contributed by atoms with E-state index in [2.05, 4.69) is 4.98 Å². The van der Waals surface area contributed by atoms with Crippen molar-refractivity contribution in [3.8, 4) is 0 Å². The van der Waals surface area contributed by atoms with Crippen molar-refractivity contribution in [1.29, 1.82) is 0 Å². The van der Waals surface area contributed by atoms with Crippen molar-refractivity contribution in [3.63, 3.8) is 0 Å². The van der Waals surface area contributed by atoms with E-state index in [1.165, 1.54) is 0 Å². The van der Waals surface area contributed by atoms with E-state index in [1.807, 2.05) is 34.1 Å². The number of aromatic nitrogens is 1. The number of alkyl halides is 3. The van der Waals surface area contributed by atoms with Crippen LogP contribution in [-0.2, 0) is 11.0 Å². The van der Waals surface area contributed by atoms with E-state index < -0.39 is 11.7 Å². The van der Waals surface area contributed by atoms with Crippen molar-refractivity contribution in [2.45, 2.75) is 30.3 Å². The Bertz CT molecular complexity index is 932. The van der Waals surface area contributed by atoms with Gasteiger partial charge in [-0.3, -0.25) is 4.79 Å². The highest BCUT2D eigenvalue weighted by Crippen LogP contribution is 2.37. The Kier molecular flexibility index (Phi) is 6.16. The van der Waals surface area contributed by atoms with Gasteiger partial charge >= 0.3 is 6.18 Å². The number of fused-ring (bicyclic) bond motifs is 1. The summed E-state index contributed by atoms with van der Waals surface area (Å²) in [7, 11) is 0. The van der Waals surface area contributed by atoms with Gasteiger partial charge in [-0.1, -0.05) is 23.7 Å². The maximum absolute atomic E-state index is 13.3. The summed E-state index contributed by atoms with van der Waals surface area (Å²) in [5, 5.41) is -0.0203. The smallest absolute Gasteiger partial charge is 0.355 e. The monoisotopic (exact) mass is 455 g/mol. The van der Waals surface area contributed by atoms with Crippen LogP contribution < -0.4 is 9.80 Å². The molecular formula is C21H21ClF3N3OS. The first kappa shape index (κ1) is 21.3. The Morgan fingerprint density at radius 2 is 1.90 bits per heavy atom. The van der Waals surface area contributed by atoms with Gasteiger partial charge in [-0.05, 0) is 43.2 Å². The first-order valence-corrected chi connectivity index (χ1v) is 11.2. The van der Waals surface area contributed by atoms with E-state index in [0.29, 0.717) is 38.3 Å². The van der Waals surface area contributed by atoms with Crippen LogP contribution in [0.5, 0.6) is 0 Å². The number of para-hydroxylation sites is 1. The fourth-order valence-corrected chi connectivity index (χ4v) is 5.21. The van der Waals surface area contributed by atoms with E-state index in [1.54, 1.807) is 11.8 Å². The maximum atomic E-state index is 13.3. The third-order valence-electron chi connectivity index (χ3n) is 5.50. The molecule has 160 valence electrons. The number of hydrogen-bond acceptors (Lipinski definition) is 4. The largest absolute Gasteiger partial charge is 0.417 e. The normalized spacial score (nSPS) is 18.1. The molecule has 0 bridgehead atoms. The molecule has 2 aromatic rings. The molecule has 0 unspecified atom stereocenters. The number of pyridine rings is 1. The second kappa shape index (κ2) is 8.67. The van der Waals surface area contributed by atoms with Gasteiger partial charge in [-0.15, -0.1) is 11.8 Å². The number of carbonyl (C=O) groups is 1. The molecule has 1 fully saturated rings. The highest BCUT2D eigenvalue weighted by atomic mass is 35.5. The van der Waals surface area contributed by atoms with Crippen molar-refractivity contribution >= 4 is 40.8 Å². The van der Waals surface area contributed by atoms with E-state index in [4.69, 9.17) is 11.6 Å². The highest BCUT2D eigenvalue weighted by molar-refractivity contribution is 7.99. The summed E-state index contributed by atoms with van der Waals surface area (Å²) in [5.74, 6) is 1.32. The van der Waals surface area contributed by atoms with Crippen LogP contribution in [-0.4, -0.2) is 36.3 Å². The summed E-state index contributed by atoms with van der Waals surface area (Å²) < 4.78 is 38.5. The summed E-state index contributed by atoms with van der Waals surface area (Å²) in [6, 6.07) is 8.89. The molecule has 2 aliphatic heterocycles. The Balaban J connectivity index is 1.44. The lowest BCUT2D eigenvalue weighted by atomic mass is 9.94. The first-order chi connectivity index (χ1) is 14.3. The van der Waals surface area contributed by atoms with Gasteiger partial charge in [0.1, 0.15) is 5.82 Å². The zero-order chi connectivity index (χ0) is 21.3. The van der Waals surface area contributed by atoms with Gasteiger partial charge in [-0.2, -0.15) is 13.2 Å². The number of anilines is 2. The van der Waals surface area contributed by atoms with Crippen LogP contribution in [0, 0.1) is 5.92 Å². The molecule has 30 heavy (non-hydrogen) atoms. The Hall–Kier alpha value is -1.93. The fraction of sp³-hybridized carbons (Fsp3) is 0.429. The molecule has 1 saturated heterocycles. The lowest BCUT2D eigenvalue weighted by Gasteiger charge is -2.35. The van der Waals surface area contributed by atoms with Crippen molar-refractivity contribution < 1.29 is 18.0 Å². The number of rotatable bonds is 2. The number of carbonyl (C=O) groups excluding carboxylic acids is 1. The van der Waals surface area contributed by atoms with Crippen LogP contribution in [0.1, 0.15) is 24.8 Å². The lowest BCUT2D eigenvalue weighted by Crippen LogP contribution is -2.43. The number of hydrogen-bond donors (Lipinski definition) is 0. The van der Waals surface area contributed by atoms with Gasteiger partial charge in [0.05, 0.1) is 16.3 Å². The van der Waals surface area contributed by atoms with Crippen LogP contribution in [0.15, 0.2) is 41.4 Å². The molecule has 0 saturated carbocycles. The Morgan fingerprint density at radius 1 is 1.17 bits per heavy atom. The SMILES string of the molecule is O=C(C1CCN(c2ncc(C(F)(F)F)cc2Cl)CC1)N1CCCSc2ccccc21. The van der Waals surface area contributed by atoms with Gasteiger partial charge in [0.2, 0.25) is 5.91 Å². The second-order valence-corrected chi connectivity index (χ2v) is 8.99. The van der Waals surface area contributed by atoms with Gasteiger partial charge < -0.3 is 9.80 Å². The standard InChI is InChI=1S/C21H21ClF3N3OS/c22-16-12-15(21(23,24)25)13-26-19(16)27-9-6-14(7-10-27)20(29)28-8-3-11-30-18-5-2-1-4-17(18)28/h1-2,4-5,12-14H,3,6-11H2. The molecular weight excluding hydrogens is 435 g/mol. The van der Waals surface area contributed by atoms with Crippen LogP contribution in [0.2, 0.25) is 5.02 Å². The van der Waals surface area contributed by atoms with Gasteiger partial charge in [-0.25, -0.2) is 4.98 Å². The second-order valence-electron chi connectivity index (χ2n) is 7.45. The van der Waals surface area contributed by atoms with Crippen molar-refractivity contribution in [3.05, 3.63) is 47.1 Å². The Labute approximate surface area is 182 Å². The molecule has 0 radical (unpaired) electrons. The number of benzene rings is 1.